The summed E-state index contributed by atoms with van der Waals surface area (Å²) >= 11 is 0. The van der Waals surface area contributed by atoms with Crippen molar-refractivity contribution in [2.45, 2.75) is 16.7 Å². The van der Waals surface area contributed by atoms with Crippen LogP contribution in [0.2, 0.25) is 0 Å². The molecule has 4 N–H and O–H groups in total. The average molecular weight is 373 g/mol. The summed E-state index contributed by atoms with van der Waals surface area (Å²) in [5.74, 6) is -0.468. The molecule has 0 atom stereocenters. The van der Waals surface area contributed by atoms with Crippen molar-refractivity contribution in [3.63, 3.8) is 0 Å². The second-order valence-corrected chi connectivity index (χ2v) is 7.75. The van der Waals surface area contributed by atoms with Gasteiger partial charge in [-0.3, -0.25) is 9.11 Å². The summed E-state index contributed by atoms with van der Waals surface area (Å²) in [7, 11) is -9.16. The molecule has 0 aromatic heterocycles. The van der Waals surface area contributed by atoms with Crippen LogP contribution in [0.4, 0.5) is 5.69 Å². The van der Waals surface area contributed by atoms with Crippen LogP contribution < -0.4 is 5.32 Å². The first-order chi connectivity index (χ1) is 11.0. The van der Waals surface area contributed by atoms with E-state index in [0.29, 0.717) is 6.54 Å². The molecular formula is C14H15NO7S2. The molecule has 0 amide bonds. The number of nitrogens with one attached hydrogen (secondary N) is 1. The van der Waals surface area contributed by atoms with Crippen molar-refractivity contribution in [1.82, 2.24) is 0 Å². The van der Waals surface area contributed by atoms with Crippen molar-refractivity contribution >= 4 is 36.7 Å². The van der Waals surface area contributed by atoms with E-state index in [4.69, 9.17) is 4.55 Å². The van der Waals surface area contributed by atoms with Crippen LogP contribution in [0.1, 0.15) is 6.92 Å². The van der Waals surface area contributed by atoms with E-state index in [-0.39, 0.29) is 16.5 Å². The lowest BCUT2D eigenvalue weighted by atomic mass is 10.1. The van der Waals surface area contributed by atoms with Gasteiger partial charge in [-0.1, -0.05) is 12.2 Å². The third-order valence-electron chi connectivity index (χ3n) is 3.22. The Hall–Kier alpha value is -2.14. The van der Waals surface area contributed by atoms with Crippen LogP contribution in [0.5, 0.6) is 5.75 Å². The molecular weight excluding hydrogens is 358 g/mol. The van der Waals surface area contributed by atoms with E-state index in [1.807, 2.05) is 0 Å². The molecule has 2 rings (SSSR count). The van der Waals surface area contributed by atoms with Gasteiger partial charge in [-0.05, 0) is 30.5 Å². The molecule has 130 valence electrons. The van der Waals surface area contributed by atoms with Crippen LogP contribution in [0.25, 0.3) is 10.8 Å². The van der Waals surface area contributed by atoms with Crippen molar-refractivity contribution in [1.29, 1.82) is 0 Å². The molecule has 0 aliphatic rings. The summed E-state index contributed by atoms with van der Waals surface area (Å²) in [5.41, 5.74) is 0.178. The molecule has 2 aromatic carbocycles. The Labute approximate surface area is 138 Å². The lowest BCUT2D eigenvalue weighted by Crippen LogP contribution is -2.04. The van der Waals surface area contributed by atoms with Gasteiger partial charge in [-0.25, -0.2) is 0 Å². The highest BCUT2D eigenvalue weighted by molar-refractivity contribution is 7.86. The molecule has 0 radical (unpaired) electrons. The highest BCUT2D eigenvalue weighted by Gasteiger charge is 2.19. The standard InChI is InChI=1S/C14H15NO7S2/c1-2-3-4-15-12-7-10(23(17,18)19)5-9-6-11(24(20,21)22)8-13(16)14(9)12/h2-3,5-8,15-16H,4H2,1H3,(H,17,18,19)(H,20,21,22)/b3-2+. The van der Waals surface area contributed by atoms with Gasteiger partial charge in [0.2, 0.25) is 0 Å². The van der Waals surface area contributed by atoms with Crippen LogP contribution in [0, 0.1) is 0 Å². The molecule has 0 spiro atoms. The number of phenolic OH excluding ortho intramolecular Hbond substituents is 1. The third kappa shape index (κ3) is 3.85. The number of aromatic hydroxyl groups is 1. The predicted molar refractivity (Wildman–Crippen MR) is 88.5 cm³/mol. The molecule has 0 fully saturated rings. The number of hydrogen-bond acceptors (Lipinski definition) is 6. The monoisotopic (exact) mass is 373 g/mol. The highest BCUT2D eigenvalue weighted by Crippen LogP contribution is 2.36. The largest absolute Gasteiger partial charge is 0.507 e. The molecule has 0 saturated carbocycles. The van der Waals surface area contributed by atoms with E-state index in [9.17, 15) is 26.5 Å². The van der Waals surface area contributed by atoms with E-state index in [1.54, 1.807) is 19.1 Å². The summed E-state index contributed by atoms with van der Waals surface area (Å²) in [5, 5.41) is 13.1. The minimum Gasteiger partial charge on any atom is -0.507 e. The second-order valence-electron chi connectivity index (χ2n) is 4.91. The maximum atomic E-state index is 11.4. The van der Waals surface area contributed by atoms with Crippen molar-refractivity contribution in [2.24, 2.45) is 0 Å². The van der Waals surface area contributed by atoms with Crippen molar-refractivity contribution in [3.8, 4) is 5.75 Å². The van der Waals surface area contributed by atoms with Gasteiger partial charge >= 0.3 is 0 Å². The second kappa shape index (κ2) is 6.40. The number of rotatable bonds is 5. The van der Waals surface area contributed by atoms with Crippen LogP contribution in [0.15, 0.2) is 46.2 Å². The normalized spacial score (nSPS) is 12.8. The number of benzene rings is 2. The predicted octanol–water partition coefficient (Wildman–Crippen LogP) is 2.03. The number of hydrogen-bond donors (Lipinski definition) is 4. The molecule has 0 unspecified atom stereocenters. The van der Waals surface area contributed by atoms with Gasteiger partial charge in [0.25, 0.3) is 20.2 Å². The zero-order valence-electron chi connectivity index (χ0n) is 12.5. The smallest absolute Gasteiger partial charge is 0.294 e. The quantitative estimate of drug-likeness (QED) is 0.461. The van der Waals surface area contributed by atoms with Crippen molar-refractivity contribution < 1.29 is 31.0 Å². The summed E-state index contributed by atoms with van der Waals surface area (Å²) in [6, 6.07) is 3.97. The third-order valence-corrected chi connectivity index (χ3v) is 4.88. The first-order valence-electron chi connectivity index (χ1n) is 6.65. The first-order valence-corrected chi connectivity index (χ1v) is 9.53. The zero-order valence-corrected chi connectivity index (χ0v) is 14.1. The molecule has 10 heteroatoms. The molecule has 0 aliphatic carbocycles. The van der Waals surface area contributed by atoms with Crippen LogP contribution in [-0.4, -0.2) is 37.6 Å². The molecule has 2 aromatic rings. The first kappa shape index (κ1) is 18.2. The zero-order chi connectivity index (χ0) is 18.1. The minimum atomic E-state index is -4.60. The number of allylic oxidation sites excluding steroid dienone is 1. The summed E-state index contributed by atoms with van der Waals surface area (Å²) in [6.45, 7) is 2.09. The van der Waals surface area contributed by atoms with Crippen molar-refractivity contribution in [3.05, 3.63) is 36.4 Å². The van der Waals surface area contributed by atoms with E-state index in [0.717, 1.165) is 24.3 Å². The minimum absolute atomic E-state index is 0.0146. The van der Waals surface area contributed by atoms with Gasteiger partial charge in [0.15, 0.2) is 0 Å². The van der Waals surface area contributed by atoms with Gasteiger partial charge < -0.3 is 10.4 Å². The Kier molecular flexibility index (Phi) is 4.85. The Morgan fingerprint density at radius 1 is 1.00 bits per heavy atom. The lowest BCUT2D eigenvalue weighted by molar-refractivity contribution is 0.471. The number of anilines is 1. The fraction of sp³-hybridized carbons (Fsp3) is 0.143. The van der Waals surface area contributed by atoms with E-state index in [2.05, 4.69) is 5.32 Å². The Morgan fingerprint density at radius 3 is 2.04 bits per heavy atom. The Morgan fingerprint density at radius 2 is 1.54 bits per heavy atom. The highest BCUT2D eigenvalue weighted by atomic mass is 32.2. The lowest BCUT2D eigenvalue weighted by Gasteiger charge is -2.13. The fourth-order valence-corrected chi connectivity index (χ4v) is 3.24. The number of fused-ring (bicyclic) bond motifs is 1. The molecule has 0 bridgehead atoms. The SMILES string of the molecule is C/C=C/CNc1cc(S(=O)(=O)O)cc2cc(S(=O)(=O)O)cc(O)c12. The van der Waals surface area contributed by atoms with E-state index in [1.165, 1.54) is 0 Å². The van der Waals surface area contributed by atoms with Crippen LogP contribution in [0.3, 0.4) is 0 Å². The van der Waals surface area contributed by atoms with Crippen LogP contribution in [-0.2, 0) is 20.2 Å². The van der Waals surface area contributed by atoms with Gasteiger partial charge in [-0.15, -0.1) is 0 Å². The van der Waals surface area contributed by atoms with Gasteiger partial charge in [0.05, 0.1) is 9.79 Å². The number of phenols is 1. The topological polar surface area (TPSA) is 141 Å². The van der Waals surface area contributed by atoms with E-state index >= 15 is 0 Å². The van der Waals surface area contributed by atoms with E-state index < -0.39 is 35.8 Å². The summed E-state index contributed by atoms with van der Waals surface area (Å²) in [4.78, 5) is -1.08. The molecule has 0 saturated heterocycles. The maximum absolute atomic E-state index is 11.4. The molecule has 0 heterocycles. The Bertz CT molecular complexity index is 1020. The van der Waals surface area contributed by atoms with Gasteiger partial charge in [0, 0.05) is 23.7 Å². The fourth-order valence-electron chi connectivity index (χ4n) is 2.16. The van der Waals surface area contributed by atoms with Crippen molar-refractivity contribution in [2.75, 3.05) is 11.9 Å². The molecule has 0 aliphatic heterocycles. The molecule has 24 heavy (non-hydrogen) atoms. The summed E-state index contributed by atoms with van der Waals surface area (Å²) < 4.78 is 63.7. The van der Waals surface area contributed by atoms with Gasteiger partial charge in [0.1, 0.15) is 5.75 Å². The maximum Gasteiger partial charge on any atom is 0.294 e. The summed E-state index contributed by atoms with van der Waals surface area (Å²) in [6.07, 6.45) is 3.48. The molecule has 8 nitrogen and oxygen atoms in total. The average Bonchev–Trinajstić information content (AvgIpc) is 2.44. The Balaban J connectivity index is 2.82. The van der Waals surface area contributed by atoms with Gasteiger partial charge in [-0.2, -0.15) is 16.8 Å². The van der Waals surface area contributed by atoms with Crippen LogP contribution >= 0.6 is 0 Å².